The number of aliphatic hydroxyl groups is 1. The minimum absolute atomic E-state index is 0.151. The van der Waals surface area contributed by atoms with Crippen molar-refractivity contribution in [1.29, 1.82) is 0 Å². The average molecular weight is 315 g/mol. The Labute approximate surface area is 139 Å². The molecule has 0 aromatic heterocycles. The fourth-order valence-corrected chi connectivity index (χ4v) is 2.81. The highest BCUT2D eigenvalue weighted by Gasteiger charge is 2.08. The number of ether oxygens (including phenoxy) is 1. The second kappa shape index (κ2) is 10.2. The first-order chi connectivity index (χ1) is 11.4. The van der Waals surface area contributed by atoms with Crippen molar-refractivity contribution in [3.63, 3.8) is 0 Å². The van der Waals surface area contributed by atoms with E-state index >= 15 is 0 Å². The number of nitrogens with one attached hydrogen (secondary N) is 1. The van der Waals surface area contributed by atoms with Crippen molar-refractivity contribution >= 4 is 10.8 Å². The number of aliphatic hydroxyl groups excluding tert-OH is 1. The van der Waals surface area contributed by atoms with Crippen LogP contribution in [0.25, 0.3) is 10.8 Å². The van der Waals surface area contributed by atoms with E-state index in [1.54, 1.807) is 0 Å². The van der Waals surface area contributed by atoms with Crippen molar-refractivity contribution in [3.05, 3.63) is 42.0 Å². The Hall–Kier alpha value is -1.58. The Bertz CT molecular complexity index is 583. The highest BCUT2D eigenvalue weighted by atomic mass is 16.5. The monoisotopic (exact) mass is 315 g/mol. The van der Waals surface area contributed by atoms with Gasteiger partial charge >= 0.3 is 0 Å². The van der Waals surface area contributed by atoms with Crippen LogP contribution in [-0.2, 0) is 6.54 Å². The van der Waals surface area contributed by atoms with E-state index in [2.05, 4.69) is 48.6 Å². The largest absolute Gasteiger partial charge is 0.493 e. The van der Waals surface area contributed by atoms with Crippen LogP contribution in [0.4, 0.5) is 0 Å². The van der Waals surface area contributed by atoms with Crippen LogP contribution in [0.2, 0.25) is 0 Å². The van der Waals surface area contributed by atoms with Crippen LogP contribution in [-0.4, -0.2) is 24.9 Å². The number of rotatable bonds is 11. The predicted molar refractivity (Wildman–Crippen MR) is 97.0 cm³/mol. The van der Waals surface area contributed by atoms with E-state index in [-0.39, 0.29) is 6.61 Å². The number of fused-ring (bicyclic) bond motifs is 1. The number of hydrogen-bond acceptors (Lipinski definition) is 3. The van der Waals surface area contributed by atoms with Crippen molar-refractivity contribution < 1.29 is 9.84 Å². The van der Waals surface area contributed by atoms with Crippen LogP contribution in [0.5, 0.6) is 5.75 Å². The molecule has 0 heterocycles. The van der Waals surface area contributed by atoms with Crippen LogP contribution in [0.1, 0.15) is 44.6 Å². The lowest BCUT2D eigenvalue weighted by Crippen LogP contribution is -2.18. The molecule has 0 spiro atoms. The molecule has 2 aromatic rings. The zero-order chi connectivity index (χ0) is 16.3. The standard InChI is InChI=1S/C20H29NO2/c1-2-3-4-5-8-15-23-20-12-11-17-9-6-7-10-18(17)19(20)16-21-13-14-22/h6-7,9-12,21-22H,2-5,8,13-16H2,1H3. The first-order valence-electron chi connectivity index (χ1n) is 8.81. The van der Waals surface area contributed by atoms with Gasteiger partial charge in [0.1, 0.15) is 5.75 Å². The van der Waals surface area contributed by atoms with Crippen LogP contribution in [0.15, 0.2) is 36.4 Å². The summed E-state index contributed by atoms with van der Waals surface area (Å²) in [5, 5.41) is 14.7. The van der Waals surface area contributed by atoms with E-state index in [1.165, 1.54) is 42.0 Å². The van der Waals surface area contributed by atoms with Gasteiger partial charge in [-0.1, -0.05) is 62.9 Å². The maximum absolute atomic E-state index is 8.98. The quantitative estimate of drug-likeness (QED) is 0.608. The first-order valence-corrected chi connectivity index (χ1v) is 8.81. The molecule has 0 unspecified atom stereocenters. The maximum atomic E-state index is 8.98. The van der Waals surface area contributed by atoms with E-state index in [0.717, 1.165) is 18.8 Å². The molecular formula is C20H29NO2. The van der Waals surface area contributed by atoms with Crippen molar-refractivity contribution in [2.75, 3.05) is 19.8 Å². The van der Waals surface area contributed by atoms with Crippen LogP contribution >= 0.6 is 0 Å². The van der Waals surface area contributed by atoms with Gasteiger partial charge in [-0.25, -0.2) is 0 Å². The Morgan fingerprint density at radius 3 is 2.65 bits per heavy atom. The summed E-state index contributed by atoms with van der Waals surface area (Å²) in [5.41, 5.74) is 1.19. The molecule has 0 bridgehead atoms. The second-order valence-corrected chi connectivity index (χ2v) is 5.93. The molecule has 0 aliphatic heterocycles. The Balaban J connectivity index is 2.03. The van der Waals surface area contributed by atoms with Gasteiger partial charge in [0.2, 0.25) is 0 Å². The minimum Gasteiger partial charge on any atom is -0.493 e. The zero-order valence-corrected chi connectivity index (χ0v) is 14.2. The summed E-state index contributed by atoms with van der Waals surface area (Å²) < 4.78 is 6.05. The van der Waals surface area contributed by atoms with Crippen LogP contribution < -0.4 is 10.1 Å². The lowest BCUT2D eigenvalue weighted by molar-refractivity contribution is 0.288. The van der Waals surface area contributed by atoms with E-state index < -0.39 is 0 Å². The molecule has 2 rings (SSSR count). The van der Waals surface area contributed by atoms with Gasteiger partial charge < -0.3 is 15.2 Å². The smallest absolute Gasteiger partial charge is 0.124 e. The molecule has 23 heavy (non-hydrogen) atoms. The third-order valence-electron chi connectivity index (χ3n) is 4.09. The van der Waals surface area contributed by atoms with E-state index in [0.29, 0.717) is 13.1 Å². The fraction of sp³-hybridized carbons (Fsp3) is 0.500. The van der Waals surface area contributed by atoms with E-state index in [4.69, 9.17) is 9.84 Å². The average Bonchev–Trinajstić information content (AvgIpc) is 2.59. The Kier molecular flexibility index (Phi) is 7.91. The molecule has 2 N–H and O–H groups in total. The summed E-state index contributed by atoms with van der Waals surface area (Å²) in [6.07, 6.45) is 6.22. The molecule has 0 amide bonds. The predicted octanol–water partition coefficient (Wildman–Crippen LogP) is 4.27. The van der Waals surface area contributed by atoms with Crippen molar-refractivity contribution in [2.45, 2.75) is 45.6 Å². The third-order valence-corrected chi connectivity index (χ3v) is 4.09. The molecule has 3 heteroatoms. The molecule has 0 saturated carbocycles. The molecule has 0 saturated heterocycles. The molecule has 3 nitrogen and oxygen atoms in total. The van der Waals surface area contributed by atoms with Gasteiger partial charge in [-0.05, 0) is 23.3 Å². The SMILES string of the molecule is CCCCCCCOc1ccc2ccccc2c1CNCCO. The zero-order valence-electron chi connectivity index (χ0n) is 14.2. The number of hydrogen-bond donors (Lipinski definition) is 2. The van der Waals surface area contributed by atoms with Crippen molar-refractivity contribution in [2.24, 2.45) is 0 Å². The molecule has 126 valence electrons. The molecule has 0 atom stereocenters. The lowest BCUT2D eigenvalue weighted by Gasteiger charge is -2.15. The minimum atomic E-state index is 0.151. The normalized spacial score (nSPS) is 11.0. The molecule has 0 radical (unpaired) electrons. The summed E-state index contributed by atoms with van der Waals surface area (Å²) >= 11 is 0. The van der Waals surface area contributed by atoms with Crippen LogP contribution in [0, 0.1) is 0 Å². The Morgan fingerprint density at radius 2 is 1.83 bits per heavy atom. The molecule has 0 fully saturated rings. The summed E-state index contributed by atoms with van der Waals surface area (Å²) in [7, 11) is 0. The van der Waals surface area contributed by atoms with E-state index in [9.17, 15) is 0 Å². The van der Waals surface area contributed by atoms with Gasteiger partial charge in [-0.3, -0.25) is 0 Å². The molecule has 0 aliphatic carbocycles. The number of unbranched alkanes of at least 4 members (excludes halogenated alkanes) is 4. The second-order valence-electron chi connectivity index (χ2n) is 5.93. The summed E-state index contributed by atoms with van der Waals surface area (Å²) in [4.78, 5) is 0. The highest BCUT2D eigenvalue weighted by Crippen LogP contribution is 2.28. The van der Waals surface area contributed by atoms with Crippen molar-refractivity contribution in [1.82, 2.24) is 5.32 Å². The van der Waals surface area contributed by atoms with E-state index in [1.807, 2.05) is 0 Å². The molecule has 2 aromatic carbocycles. The van der Waals surface area contributed by atoms with Gasteiger partial charge in [-0.2, -0.15) is 0 Å². The van der Waals surface area contributed by atoms with Gasteiger partial charge in [0.05, 0.1) is 13.2 Å². The maximum Gasteiger partial charge on any atom is 0.124 e. The van der Waals surface area contributed by atoms with Gasteiger partial charge in [-0.15, -0.1) is 0 Å². The van der Waals surface area contributed by atoms with Gasteiger partial charge in [0.25, 0.3) is 0 Å². The summed E-state index contributed by atoms with van der Waals surface area (Å²) in [6.45, 7) is 4.47. The first kappa shape index (κ1) is 17.8. The van der Waals surface area contributed by atoms with Gasteiger partial charge in [0, 0.05) is 18.7 Å². The fourth-order valence-electron chi connectivity index (χ4n) is 2.81. The molecular weight excluding hydrogens is 286 g/mol. The third kappa shape index (κ3) is 5.52. The van der Waals surface area contributed by atoms with Crippen LogP contribution in [0.3, 0.4) is 0 Å². The topological polar surface area (TPSA) is 41.5 Å². The van der Waals surface area contributed by atoms with Crippen molar-refractivity contribution in [3.8, 4) is 5.75 Å². The number of benzene rings is 2. The van der Waals surface area contributed by atoms with Gasteiger partial charge in [0.15, 0.2) is 0 Å². The summed E-state index contributed by atoms with van der Waals surface area (Å²) in [5.74, 6) is 0.963. The summed E-state index contributed by atoms with van der Waals surface area (Å²) in [6, 6.07) is 12.6. The highest BCUT2D eigenvalue weighted by molar-refractivity contribution is 5.87. The molecule has 0 aliphatic rings. The lowest BCUT2D eigenvalue weighted by atomic mass is 10.0. The Morgan fingerprint density at radius 1 is 1.00 bits per heavy atom.